The van der Waals surface area contributed by atoms with Gasteiger partial charge in [0, 0.05) is 17.4 Å². The van der Waals surface area contributed by atoms with Crippen molar-refractivity contribution in [2.75, 3.05) is 11.1 Å². The smallest absolute Gasteiger partial charge is 0.234 e. The van der Waals surface area contributed by atoms with Gasteiger partial charge in [-0.05, 0) is 43.3 Å². The van der Waals surface area contributed by atoms with Crippen molar-refractivity contribution in [2.24, 2.45) is 0 Å². The molecule has 130 valence electrons. The van der Waals surface area contributed by atoms with Crippen molar-refractivity contribution in [1.29, 1.82) is 0 Å². The summed E-state index contributed by atoms with van der Waals surface area (Å²) < 4.78 is 0. The van der Waals surface area contributed by atoms with E-state index in [4.69, 9.17) is 0 Å². The van der Waals surface area contributed by atoms with Crippen LogP contribution in [-0.4, -0.2) is 32.6 Å². The lowest BCUT2D eigenvalue weighted by Crippen LogP contribution is -2.14. The first-order valence-electron chi connectivity index (χ1n) is 7.90. The van der Waals surface area contributed by atoms with Crippen LogP contribution >= 0.6 is 11.8 Å². The van der Waals surface area contributed by atoms with Crippen molar-refractivity contribution in [2.45, 2.75) is 11.9 Å². The van der Waals surface area contributed by atoms with Crippen molar-refractivity contribution >= 4 is 29.1 Å². The van der Waals surface area contributed by atoms with E-state index in [1.165, 1.54) is 18.7 Å². The van der Waals surface area contributed by atoms with Crippen molar-refractivity contribution < 1.29 is 9.59 Å². The van der Waals surface area contributed by atoms with Gasteiger partial charge >= 0.3 is 0 Å². The number of nitrogens with zero attached hydrogens (tertiary/aromatic N) is 3. The number of nitrogens with one attached hydrogen (secondary N) is 1. The van der Waals surface area contributed by atoms with E-state index in [1.807, 2.05) is 30.3 Å². The number of hydrogen-bond acceptors (Lipinski definition) is 6. The van der Waals surface area contributed by atoms with Crippen LogP contribution < -0.4 is 5.32 Å². The second-order valence-corrected chi connectivity index (χ2v) is 6.44. The summed E-state index contributed by atoms with van der Waals surface area (Å²) in [5.74, 6) is -0.0212. The minimum absolute atomic E-state index is 0.0428. The maximum Gasteiger partial charge on any atom is 0.234 e. The first-order valence-corrected chi connectivity index (χ1v) is 8.89. The number of amides is 1. The summed E-state index contributed by atoms with van der Waals surface area (Å²) in [6.45, 7) is 1.49. The van der Waals surface area contributed by atoms with Crippen LogP contribution in [0.1, 0.15) is 17.3 Å². The largest absolute Gasteiger partial charge is 0.325 e. The zero-order valence-electron chi connectivity index (χ0n) is 14.0. The maximum absolute atomic E-state index is 12.1. The first kappa shape index (κ1) is 17.8. The number of rotatable bonds is 6. The molecule has 3 aromatic rings. The van der Waals surface area contributed by atoms with Crippen molar-refractivity contribution in [1.82, 2.24) is 15.2 Å². The number of pyridine rings is 1. The van der Waals surface area contributed by atoms with E-state index in [1.54, 1.807) is 30.5 Å². The molecule has 2 heterocycles. The van der Waals surface area contributed by atoms with Crippen LogP contribution in [0, 0.1) is 0 Å². The van der Waals surface area contributed by atoms with E-state index in [9.17, 15) is 9.59 Å². The average molecular weight is 364 g/mol. The number of anilines is 1. The number of thioether (sulfide) groups is 1. The van der Waals surface area contributed by atoms with Gasteiger partial charge in [0.15, 0.2) is 5.78 Å². The molecule has 0 atom stereocenters. The molecule has 1 aromatic carbocycles. The van der Waals surface area contributed by atoms with Crippen LogP contribution in [0.15, 0.2) is 65.8 Å². The summed E-state index contributed by atoms with van der Waals surface area (Å²) >= 11 is 1.29. The molecule has 3 rings (SSSR count). The highest BCUT2D eigenvalue weighted by Gasteiger charge is 2.08. The molecule has 0 saturated heterocycles. The summed E-state index contributed by atoms with van der Waals surface area (Å²) in [6.07, 6.45) is 1.70. The molecule has 0 saturated carbocycles. The van der Waals surface area contributed by atoms with Crippen LogP contribution in [0.5, 0.6) is 0 Å². The van der Waals surface area contributed by atoms with Gasteiger partial charge in [-0.1, -0.05) is 30.0 Å². The molecule has 0 aliphatic heterocycles. The van der Waals surface area contributed by atoms with Gasteiger partial charge in [-0.2, -0.15) is 0 Å². The van der Waals surface area contributed by atoms with Gasteiger partial charge in [0.05, 0.1) is 11.4 Å². The van der Waals surface area contributed by atoms with Crippen LogP contribution in [0.2, 0.25) is 0 Å². The summed E-state index contributed by atoms with van der Waals surface area (Å²) in [4.78, 5) is 27.7. The molecule has 1 N–H and O–H groups in total. The van der Waals surface area contributed by atoms with E-state index in [-0.39, 0.29) is 17.4 Å². The number of ketones is 1. The predicted octanol–water partition coefficient (Wildman–Crippen LogP) is 3.47. The molecule has 0 unspecified atom stereocenters. The Kier molecular flexibility index (Phi) is 5.70. The highest BCUT2D eigenvalue weighted by Crippen LogP contribution is 2.19. The van der Waals surface area contributed by atoms with Crippen molar-refractivity contribution in [3.8, 4) is 11.4 Å². The van der Waals surface area contributed by atoms with Crippen molar-refractivity contribution in [3.63, 3.8) is 0 Å². The fourth-order valence-electron chi connectivity index (χ4n) is 2.20. The summed E-state index contributed by atoms with van der Waals surface area (Å²) in [5.41, 5.74) is 2.59. The highest BCUT2D eigenvalue weighted by molar-refractivity contribution is 7.99. The van der Waals surface area contributed by atoms with E-state index < -0.39 is 0 Å². The standard InChI is InChI=1S/C19H16N4O2S/c1-13(24)14-5-4-6-15(11-14)21-18(25)12-26-19-9-8-17(22-23-19)16-7-2-3-10-20-16/h2-11H,12H2,1H3,(H,21,25). The molecule has 0 fully saturated rings. The number of carbonyl (C=O) groups excluding carboxylic acids is 2. The lowest BCUT2D eigenvalue weighted by atomic mass is 10.1. The lowest BCUT2D eigenvalue weighted by molar-refractivity contribution is -0.113. The third kappa shape index (κ3) is 4.73. The number of carbonyl (C=O) groups is 2. The number of Topliss-reactive ketones (excluding diaryl/α,β-unsaturated/α-hetero) is 1. The Morgan fingerprint density at radius 3 is 2.58 bits per heavy atom. The molecule has 26 heavy (non-hydrogen) atoms. The molecule has 0 bridgehead atoms. The van der Waals surface area contributed by atoms with Gasteiger partial charge < -0.3 is 5.32 Å². The zero-order valence-corrected chi connectivity index (χ0v) is 14.9. The fraction of sp³-hybridized carbons (Fsp3) is 0.105. The fourth-order valence-corrected chi connectivity index (χ4v) is 2.81. The first-order chi connectivity index (χ1) is 12.6. The molecule has 0 radical (unpaired) electrons. The Labute approximate surface area is 155 Å². The lowest BCUT2D eigenvalue weighted by Gasteiger charge is -2.06. The summed E-state index contributed by atoms with van der Waals surface area (Å²) in [5, 5.41) is 11.7. The average Bonchev–Trinajstić information content (AvgIpc) is 2.68. The van der Waals surface area contributed by atoms with E-state index >= 15 is 0 Å². The van der Waals surface area contributed by atoms with Gasteiger partial charge in [0.2, 0.25) is 5.91 Å². The SMILES string of the molecule is CC(=O)c1cccc(NC(=O)CSc2ccc(-c3ccccn3)nn2)c1. The molecule has 0 aliphatic carbocycles. The van der Waals surface area contributed by atoms with Crippen LogP contribution in [0.3, 0.4) is 0 Å². The maximum atomic E-state index is 12.1. The Hall–Kier alpha value is -3.06. The van der Waals surface area contributed by atoms with Crippen LogP contribution in [0.25, 0.3) is 11.4 Å². The highest BCUT2D eigenvalue weighted by atomic mass is 32.2. The third-order valence-corrected chi connectivity index (χ3v) is 4.39. The number of benzene rings is 1. The Balaban J connectivity index is 1.56. The predicted molar refractivity (Wildman–Crippen MR) is 101 cm³/mol. The minimum Gasteiger partial charge on any atom is -0.325 e. The Bertz CT molecular complexity index is 914. The van der Waals surface area contributed by atoms with Gasteiger partial charge in [-0.25, -0.2) is 0 Å². The second-order valence-electron chi connectivity index (χ2n) is 5.45. The van der Waals surface area contributed by atoms with Crippen LogP contribution in [-0.2, 0) is 4.79 Å². The van der Waals surface area contributed by atoms with E-state index in [0.717, 1.165) is 5.69 Å². The Morgan fingerprint density at radius 1 is 1.00 bits per heavy atom. The Morgan fingerprint density at radius 2 is 1.88 bits per heavy atom. The molecule has 2 aromatic heterocycles. The molecule has 7 heteroatoms. The summed E-state index contributed by atoms with van der Waals surface area (Å²) in [6, 6.07) is 16.1. The third-order valence-electron chi connectivity index (χ3n) is 3.47. The zero-order chi connectivity index (χ0) is 18.4. The molecule has 0 aliphatic rings. The van der Waals surface area contributed by atoms with Crippen LogP contribution in [0.4, 0.5) is 5.69 Å². The van der Waals surface area contributed by atoms with Crippen molar-refractivity contribution in [3.05, 3.63) is 66.4 Å². The molecule has 1 amide bonds. The van der Waals surface area contributed by atoms with Gasteiger partial charge in [0.25, 0.3) is 0 Å². The number of aromatic nitrogens is 3. The topological polar surface area (TPSA) is 84.8 Å². The summed E-state index contributed by atoms with van der Waals surface area (Å²) in [7, 11) is 0. The quantitative estimate of drug-likeness (QED) is 0.532. The number of hydrogen-bond donors (Lipinski definition) is 1. The monoisotopic (exact) mass is 364 g/mol. The van der Waals surface area contributed by atoms with Gasteiger partial charge in [-0.3, -0.25) is 14.6 Å². The van der Waals surface area contributed by atoms with Gasteiger partial charge in [-0.15, -0.1) is 10.2 Å². The molecule has 0 spiro atoms. The van der Waals surface area contributed by atoms with E-state index in [0.29, 0.717) is 22.0 Å². The second kappa shape index (κ2) is 8.35. The minimum atomic E-state index is -0.175. The molecular weight excluding hydrogens is 348 g/mol. The molecule has 6 nitrogen and oxygen atoms in total. The van der Waals surface area contributed by atoms with Gasteiger partial charge in [0.1, 0.15) is 10.7 Å². The molecular formula is C19H16N4O2S. The van der Waals surface area contributed by atoms with E-state index in [2.05, 4.69) is 20.5 Å². The normalized spacial score (nSPS) is 10.3.